The van der Waals surface area contributed by atoms with E-state index < -0.39 is 42.4 Å². The van der Waals surface area contributed by atoms with E-state index >= 15 is 0 Å². The van der Waals surface area contributed by atoms with Crippen LogP contribution in [0, 0.1) is 5.92 Å². The molecule has 1 saturated carbocycles. The topological polar surface area (TPSA) is 150 Å². The molecule has 0 spiro atoms. The van der Waals surface area contributed by atoms with Gasteiger partial charge in [0.2, 0.25) is 5.43 Å². The van der Waals surface area contributed by atoms with Gasteiger partial charge in [0.05, 0.1) is 18.8 Å². The lowest BCUT2D eigenvalue weighted by atomic mass is 9.81. The fourth-order valence-corrected chi connectivity index (χ4v) is 4.00. The average molecular weight is 444 g/mol. The number of fused-ring (bicyclic) bond motifs is 1. The molecule has 0 unspecified atom stereocenters. The second-order valence-corrected chi connectivity index (χ2v) is 7.83. The third-order valence-electron chi connectivity index (χ3n) is 5.85. The van der Waals surface area contributed by atoms with E-state index in [-0.39, 0.29) is 34.5 Å². The van der Waals surface area contributed by atoms with Crippen molar-refractivity contribution in [1.82, 2.24) is 0 Å². The standard InChI is InChI=1S/C23H24O9/c1-30-13-4-2-11(3-5-13)15-10-31-17-8-14(7-16(25)19(17)21(15)27)32-18-6-12(9-24)20(26)23(29)22(18)28/h2-5,7-8,10,12,18,20,22-26,28-29H,6,9H2,1H3/t12-,18-,20-,22+,23+/m1/s1. The average Bonchev–Trinajstić information content (AvgIpc) is 2.79. The molecule has 32 heavy (non-hydrogen) atoms. The van der Waals surface area contributed by atoms with Gasteiger partial charge in [0, 0.05) is 24.7 Å². The van der Waals surface area contributed by atoms with Gasteiger partial charge in [-0.25, -0.2) is 0 Å². The molecular weight excluding hydrogens is 420 g/mol. The molecule has 9 heteroatoms. The van der Waals surface area contributed by atoms with Crippen LogP contribution < -0.4 is 14.9 Å². The Hall–Kier alpha value is -3.11. The SMILES string of the molecule is COc1ccc(-c2coc3cc(O[C@@H]4C[C@H](CO)[C@@H](O)[C@H](O)[C@H]4O)cc(O)c3c2=O)cc1. The van der Waals surface area contributed by atoms with Gasteiger partial charge < -0.3 is 39.4 Å². The van der Waals surface area contributed by atoms with Crippen molar-refractivity contribution in [2.45, 2.75) is 30.8 Å². The Bertz CT molecular complexity index is 1150. The van der Waals surface area contributed by atoms with Crippen LogP contribution in [0.3, 0.4) is 0 Å². The van der Waals surface area contributed by atoms with Crippen LogP contribution in [-0.2, 0) is 0 Å². The zero-order valence-electron chi connectivity index (χ0n) is 17.2. The van der Waals surface area contributed by atoms with E-state index in [4.69, 9.17) is 13.9 Å². The molecule has 1 aliphatic carbocycles. The maximum absolute atomic E-state index is 13.0. The lowest BCUT2D eigenvalue weighted by molar-refractivity contribution is -0.156. The van der Waals surface area contributed by atoms with Gasteiger partial charge >= 0.3 is 0 Å². The second kappa shape index (κ2) is 8.79. The van der Waals surface area contributed by atoms with Crippen LogP contribution in [0.4, 0.5) is 0 Å². The predicted octanol–water partition coefficient (Wildman–Crippen LogP) is 1.02. The number of phenolic OH excluding ortho intramolecular Hbond substituents is 1. The Morgan fingerprint density at radius 1 is 1.03 bits per heavy atom. The summed E-state index contributed by atoms with van der Waals surface area (Å²) in [6.07, 6.45) is -3.77. The van der Waals surface area contributed by atoms with E-state index in [0.29, 0.717) is 11.3 Å². The molecule has 4 rings (SSSR count). The highest BCUT2D eigenvalue weighted by Crippen LogP contribution is 2.34. The number of rotatable bonds is 5. The molecule has 170 valence electrons. The number of aromatic hydroxyl groups is 1. The van der Waals surface area contributed by atoms with Crippen molar-refractivity contribution < 1.29 is 39.4 Å². The van der Waals surface area contributed by atoms with Gasteiger partial charge in [-0.1, -0.05) is 12.1 Å². The second-order valence-electron chi connectivity index (χ2n) is 7.83. The van der Waals surface area contributed by atoms with Crippen LogP contribution in [0.25, 0.3) is 22.1 Å². The van der Waals surface area contributed by atoms with Crippen molar-refractivity contribution in [2.75, 3.05) is 13.7 Å². The summed E-state index contributed by atoms with van der Waals surface area (Å²) >= 11 is 0. The molecule has 5 N–H and O–H groups in total. The summed E-state index contributed by atoms with van der Waals surface area (Å²) in [5.74, 6) is -0.321. The summed E-state index contributed by atoms with van der Waals surface area (Å²) in [7, 11) is 1.54. The van der Waals surface area contributed by atoms with E-state index in [1.807, 2.05) is 0 Å². The zero-order chi connectivity index (χ0) is 23.0. The Morgan fingerprint density at radius 3 is 2.41 bits per heavy atom. The monoisotopic (exact) mass is 444 g/mol. The van der Waals surface area contributed by atoms with Gasteiger partial charge in [-0.05, 0) is 24.1 Å². The van der Waals surface area contributed by atoms with Crippen molar-refractivity contribution >= 4 is 11.0 Å². The highest BCUT2D eigenvalue weighted by atomic mass is 16.5. The van der Waals surface area contributed by atoms with Crippen molar-refractivity contribution in [3.63, 3.8) is 0 Å². The third kappa shape index (κ3) is 3.91. The van der Waals surface area contributed by atoms with Crippen LogP contribution in [-0.4, -0.2) is 63.7 Å². The molecule has 9 nitrogen and oxygen atoms in total. The molecule has 0 bridgehead atoms. The molecule has 1 aromatic heterocycles. The molecule has 0 amide bonds. The quantitative estimate of drug-likeness (QED) is 0.389. The van der Waals surface area contributed by atoms with Crippen molar-refractivity contribution in [3.05, 3.63) is 52.9 Å². The molecule has 2 aromatic carbocycles. The highest BCUT2D eigenvalue weighted by molar-refractivity contribution is 5.88. The molecular formula is C23H24O9. The van der Waals surface area contributed by atoms with Crippen LogP contribution >= 0.6 is 0 Å². The number of methoxy groups -OCH3 is 1. The van der Waals surface area contributed by atoms with Gasteiger partial charge in [-0.2, -0.15) is 0 Å². The van der Waals surface area contributed by atoms with Crippen LogP contribution in [0.15, 0.2) is 51.9 Å². The van der Waals surface area contributed by atoms with Crippen LogP contribution in [0.2, 0.25) is 0 Å². The normalized spacial score (nSPS) is 25.6. The lowest BCUT2D eigenvalue weighted by Crippen LogP contribution is -2.56. The number of aliphatic hydroxyl groups excluding tert-OH is 4. The van der Waals surface area contributed by atoms with E-state index in [2.05, 4.69) is 0 Å². The molecule has 0 aliphatic heterocycles. The Balaban J connectivity index is 1.66. The lowest BCUT2D eigenvalue weighted by Gasteiger charge is -2.39. The van der Waals surface area contributed by atoms with Gasteiger partial charge in [0.15, 0.2) is 0 Å². The fraction of sp³-hybridized carbons (Fsp3) is 0.348. The summed E-state index contributed by atoms with van der Waals surface area (Å²) in [4.78, 5) is 13.0. The number of phenols is 1. The minimum Gasteiger partial charge on any atom is -0.507 e. The predicted molar refractivity (Wildman–Crippen MR) is 114 cm³/mol. The fourth-order valence-electron chi connectivity index (χ4n) is 4.00. The smallest absolute Gasteiger partial charge is 0.204 e. The number of benzene rings is 2. The number of hydrogen-bond acceptors (Lipinski definition) is 9. The van der Waals surface area contributed by atoms with Crippen molar-refractivity contribution in [3.8, 4) is 28.4 Å². The molecule has 0 saturated heterocycles. The van der Waals surface area contributed by atoms with E-state index in [1.54, 1.807) is 24.3 Å². The van der Waals surface area contributed by atoms with E-state index in [1.165, 1.54) is 25.5 Å². The first-order valence-electron chi connectivity index (χ1n) is 10.1. The minimum atomic E-state index is -1.50. The minimum absolute atomic E-state index is 0.0291. The summed E-state index contributed by atoms with van der Waals surface area (Å²) < 4.78 is 16.4. The molecule has 0 radical (unpaired) electrons. The van der Waals surface area contributed by atoms with E-state index in [9.17, 15) is 30.3 Å². The van der Waals surface area contributed by atoms with Crippen LogP contribution in [0.5, 0.6) is 17.2 Å². The summed E-state index contributed by atoms with van der Waals surface area (Å²) in [6.45, 7) is -0.392. The molecule has 1 fully saturated rings. The highest BCUT2D eigenvalue weighted by Gasteiger charge is 2.43. The first-order chi connectivity index (χ1) is 15.3. The summed E-state index contributed by atoms with van der Waals surface area (Å²) in [5.41, 5.74) is 0.493. The van der Waals surface area contributed by atoms with Gasteiger partial charge in [0.25, 0.3) is 0 Å². The first-order valence-corrected chi connectivity index (χ1v) is 10.1. The molecule has 1 heterocycles. The first kappa shape index (κ1) is 22.1. The Morgan fingerprint density at radius 2 is 1.75 bits per heavy atom. The number of aliphatic hydroxyl groups is 4. The molecule has 1 aliphatic rings. The maximum atomic E-state index is 13.0. The van der Waals surface area contributed by atoms with E-state index in [0.717, 1.165) is 0 Å². The van der Waals surface area contributed by atoms with Gasteiger partial charge in [-0.3, -0.25) is 4.79 Å². The zero-order valence-corrected chi connectivity index (χ0v) is 17.2. The van der Waals surface area contributed by atoms with Crippen molar-refractivity contribution in [1.29, 1.82) is 0 Å². The Kier molecular flexibility index (Phi) is 6.07. The Labute approximate surface area is 182 Å². The van der Waals surface area contributed by atoms with Crippen LogP contribution in [0.1, 0.15) is 6.42 Å². The largest absolute Gasteiger partial charge is 0.507 e. The van der Waals surface area contributed by atoms with Gasteiger partial charge in [0.1, 0.15) is 52.8 Å². The number of hydrogen-bond donors (Lipinski definition) is 5. The summed E-state index contributed by atoms with van der Waals surface area (Å²) in [5, 5.41) is 50.1. The third-order valence-corrected chi connectivity index (χ3v) is 5.85. The van der Waals surface area contributed by atoms with Gasteiger partial charge in [-0.15, -0.1) is 0 Å². The number of ether oxygens (including phenoxy) is 2. The molecule has 5 atom stereocenters. The maximum Gasteiger partial charge on any atom is 0.204 e. The summed E-state index contributed by atoms with van der Waals surface area (Å²) in [6, 6.07) is 9.43. The van der Waals surface area contributed by atoms with Crippen molar-refractivity contribution in [2.24, 2.45) is 5.92 Å². The molecule has 3 aromatic rings.